The summed E-state index contributed by atoms with van der Waals surface area (Å²) in [6, 6.07) is 8.94. The number of nitrogen functional groups attached to an aromatic ring is 1. The molecule has 0 saturated carbocycles. The number of halogens is 1. The van der Waals surface area contributed by atoms with Gasteiger partial charge >= 0.3 is 23.0 Å². The zero-order valence-electron chi connectivity index (χ0n) is 62.4. The number of carboxylic acids is 1. The van der Waals surface area contributed by atoms with Crippen molar-refractivity contribution in [3.05, 3.63) is 150 Å². The maximum atomic E-state index is 12.6. The van der Waals surface area contributed by atoms with E-state index in [-0.39, 0.29) is 68.7 Å². The van der Waals surface area contributed by atoms with Gasteiger partial charge in [-0.25, -0.2) is 47.2 Å². The largest absolute Gasteiger partial charge is 0.477 e. The number of nitrogens with one attached hydrogen (secondary N) is 1. The van der Waals surface area contributed by atoms with Crippen molar-refractivity contribution in [2.24, 2.45) is 0 Å². The number of fused-ring (bicyclic) bond motifs is 2. The molecular weight excluding hydrogens is 1460 g/mol. The number of hydrogen-bond donors (Lipinski definition) is 3. The van der Waals surface area contributed by atoms with E-state index in [2.05, 4.69) is 149 Å². The van der Waals surface area contributed by atoms with Crippen molar-refractivity contribution in [3.8, 4) is 0 Å². The van der Waals surface area contributed by atoms with Crippen LogP contribution in [-0.2, 0) is 57.3 Å². The molecule has 41 heteroatoms. The van der Waals surface area contributed by atoms with E-state index in [1.54, 1.807) is 63.9 Å². The number of carboxylic acid groups (broad SMARTS) is 1. The molecule has 0 aromatic carbocycles. The lowest BCUT2D eigenvalue weighted by atomic mass is 10.3. The molecule has 105 heavy (non-hydrogen) atoms. The number of nitrogens with zero attached hydrogens (tertiary/aromatic N) is 19. The quantitative estimate of drug-likeness (QED) is 0.0157. The fourth-order valence-corrected chi connectivity index (χ4v) is 11.9. The minimum Gasteiger partial charge on any atom is -0.477 e. The number of carbonyl (C=O) groups excluding carboxylic acids is 1. The molecule has 35 nitrogen and oxygen atoms in total. The van der Waals surface area contributed by atoms with Crippen molar-refractivity contribution in [3.63, 3.8) is 0 Å². The number of nitro groups is 3. The molecule has 0 saturated heterocycles. The fourth-order valence-electron chi connectivity index (χ4n) is 7.94. The van der Waals surface area contributed by atoms with E-state index in [9.17, 15) is 39.9 Å². The lowest BCUT2D eigenvalue weighted by molar-refractivity contribution is -0.385. The topological polar surface area (TPSA) is 417 Å². The van der Waals surface area contributed by atoms with Crippen LogP contribution in [0.5, 0.6) is 0 Å². The van der Waals surface area contributed by atoms with Gasteiger partial charge < -0.3 is 39.8 Å². The molecule has 0 atom stereocenters. The SMILES string of the molecule is C.C.C[Si](C)(C)CCOCn1cc([N+](=O)[O-])cn1.C[Si](C)(C)CCOCn1ncc([N+](=O)[O-])c1Cl.Cc1c(N)cnn1COCC[Si](C)(C)C.Cc1c(NC(=O)c2cnn3cccnc23)cnn1COCC[Si](C)(C)C.Cc1c([N+](=O)[O-])cnn1COCC[Si](C)(C)C.O=C(O)c1cnn2cccnc12. The normalized spacial score (nSPS) is 11.4. The lowest BCUT2D eigenvalue weighted by Gasteiger charge is -2.15. The van der Waals surface area contributed by atoms with Crippen LogP contribution in [0, 0.1) is 51.1 Å². The average molecular weight is 1570 g/mol. The molecule has 0 aliphatic heterocycles. The van der Waals surface area contributed by atoms with E-state index in [1.807, 2.05) is 13.8 Å². The highest BCUT2D eigenvalue weighted by atomic mass is 35.5. The summed E-state index contributed by atoms with van der Waals surface area (Å²) in [6.07, 6.45) is 17.6. The zero-order chi connectivity index (χ0) is 77.0. The number of amides is 1. The Morgan fingerprint density at radius 2 is 0.876 bits per heavy atom. The van der Waals surface area contributed by atoms with Crippen LogP contribution in [0.4, 0.5) is 28.4 Å². The molecule has 9 rings (SSSR count). The first-order valence-electron chi connectivity index (χ1n) is 33.0. The number of rotatable bonds is 31. The Labute approximate surface area is 623 Å². The molecule has 9 aromatic heterocycles. The van der Waals surface area contributed by atoms with E-state index in [4.69, 9.17) is 46.1 Å². The van der Waals surface area contributed by atoms with Crippen LogP contribution in [-0.4, -0.2) is 183 Å². The average Bonchev–Trinajstić information content (AvgIpc) is 1.73. The summed E-state index contributed by atoms with van der Waals surface area (Å²) in [5, 5.41) is 71.0. The Kier molecular flexibility index (Phi) is 38.0. The van der Waals surface area contributed by atoms with E-state index in [0.29, 0.717) is 61.5 Å². The van der Waals surface area contributed by atoms with Gasteiger partial charge in [-0.2, -0.15) is 35.7 Å². The smallest absolute Gasteiger partial charge is 0.341 e. The van der Waals surface area contributed by atoms with E-state index >= 15 is 0 Å². The molecule has 0 unspecified atom stereocenters. The number of carbonyl (C=O) groups is 2. The van der Waals surface area contributed by atoms with Crippen LogP contribution in [0.1, 0.15) is 52.7 Å². The summed E-state index contributed by atoms with van der Waals surface area (Å²) in [4.78, 5) is 61.3. The number of ether oxygens (including phenoxy) is 5. The third kappa shape index (κ3) is 34.0. The Morgan fingerprint density at radius 1 is 0.495 bits per heavy atom. The van der Waals surface area contributed by atoms with Gasteiger partial charge in [-0.1, -0.05) is 125 Å². The number of nitrogens with two attached hydrogens (primary N) is 1. The van der Waals surface area contributed by atoms with Gasteiger partial charge in [-0.05, 0) is 63.1 Å². The first kappa shape index (κ1) is 92.5. The second-order valence-electron chi connectivity index (χ2n) is 29.7. The van der Waals surface area contributed by atoms with Gasteiger partial charge in [0.15, 0.2) is 11.3 Å². The minimum absolute atomic E-state index is 0. The van der Waals surface area contributed by atoms with Crippen LogP contribution in [0.25, 0.3) is 11.3 Å². The van der Waals surface area contributed by atoms with Crippen LogP contribution in [0.15, 0.2) is 86.5 Å². The van der Waals surface area contributed by atoms with Crippen molar-refractivity contribution in [2.45, 2.75) is 198 Å². The second-order valence-corrected chi connectivity index (χ2v) is 58.1. The van der Waals surface area contributed by atoms with Crippen LogP contribution in [0.3, 0.4) is 0 Å². The lowest BCUT2D eigenvalue weighted by Crippen LogP contribution is -2.22. The number of hydrogen-bond acceptors (Lipinski definition) is 23. The van der Waals surface area contributed by atoms with E-state index in [0.717, 1.165) is 60.7 Å². The van der Waals surface area contributed by atoms with Gasteiger partial charge in [-0.15, -0.1) is 0 Å². The number of aromatic carboxylic acids is 1. The second kappa shape index (κ2) is 43.1. The summed E-state index contributed by atoms with van der Waals surface area (Å²) < 4.78 is 38.3. The molecule has 582 valence electrons. The molecule has 0 aliphatic rings. The maximum absolute atomic E-state index is 12.6. The minimum atomic E-state index is -1.12. The molecule has 1 amide bonds. The van der Waals surface area contributed by atoms with Gasteiger partial charge in [0.25, 0.3) is 5.91 Å². The third-order valence-corrected chi connectivity index (χ3v) is 23.6. The predicted octanol–water partition coefficient (Wildman–Crippen LogP) is 13.9. The highest BCUT2D eigenvalue weighted by Gasteiger charge is 2.22. The third-order valence-electron chi connectivity index (χ3n) is 14.6. The highest BCUT2D eigenvalue weighted by molar-refractivity contribution is 6.77. The zero-order valence-corrected chi connectivity index (χ0v) is 68.2. The molecule has 9 heterocycles. The standard InChI is InChI=1S/C17H24N6O2Si.C10H19N3O3Si.C10H21N3OSi.C9H16ClN3O3Si.C9H17N3O3Si.C7H5N3O2.2CH4/c1-13-15(11-20-23(13)12-25-8-9-26(2,3)4)21-17(24)14-10-19-22-7-5-6-18-16(14)22;1-9-10(13(14)15)7-11-12(9)8-16-5-6-17(2,3)4;1-9-10(11)7-12-13(9)8-14-5-6-15(2,3)4;1-17(2,3)5-4-16-7-12-9(10)8(6-11-12)13(14)15;1-16(2,3)5-4-15-8-11-7-9(6-10-11)12(13)14;11-7(12)5-4-9-10-3-1-2-8-6(5)10;;/h5-7,10-11H,8-9,12H2,1-4H3,(H,21,24);7H,5-6,8H2,1-4H3;7H,5-6,8,11H2,1-4H3;6H,4-5,7H2,1-3H3;6-7H,4-5,8H2,1-3H3;1-4H,(H,11,12);2*1H4. The van der Waals surface area contributed by atoms with Gasteiger partial charge in [-0.3, -0.25) is 35.1 Å². The van der Waals surface area contributed by atoms with Crippen molar-refractivity contribution in [1.82, 2.24) is 78.1 Å². The molecule has 0 radical (unpaired) electrons. The Morgan fingerprint density at radius 3 is 1.27 bits per heavy atom. The summed E-state index contributed by atoms with van der Waals surface area (Å²) in [5.41, 5.74) is 10.7. The van der Waals surface area contributed by atoms with Crippen molar-refractivity contribution < 1.29 is 53.1 Å². The van der Waals surface area contributed by atoms with Gasteiger partial charge in [0, 0.05) is 98.2 Å². The van der Waals surface area contributed by atoms with Gasteiger partial charge in [0.1, 0.15) is 75.3 Å². The van der Waals surface area contributed by atoms with Gasteiger partial charge in [0.05, 0.1) is 62.3 Å². The Hall–Kier alpha value is -8.60. The van der Waals surface area contributed by atoms with E-state index in [1.165, 1.54) is 61.8 Å². The van der Waals surface area contributed by atoms with Crippen molar-refractivity contribution >= 4 is 104 Å². The number of aromatic nitrogens is 16. The number of anilines is 2. The fraction of sp³-hybridized carbons (Fsp3) is 0.547. The molecule has 9 aromatic rings. The molecular formula is C64H110ClN21O14Si5. The Bertz CT molecular complexity index is 4070. The van der Waals surface area contributed by atoms with Crippen LogP contribution < -0.4 is 11.1 Å². The van der Waals surface area contributed by atoms with Crippen molar-refractivity contribution in [2.75, 3.05) is 44.1 Å². The van der Waals surface area contributed by atoms with Crippen molar-refractivity contribution in [1.29, 1.82) is 0 Å². The molecule has 0 fully saturated rings. The first-order valence-corrected chi connectivity index (χ1v) is 52.0. The molecule has 0 bridgehead atoms. The highest BCUT2D eigenvalue weighted by Crippen LogP contribution is 2.24. The van der Waals surface area contributed by atoms with Crippen LogP contribution >= 0.6 is 11.6 Å². The first-order chi connectivity index (χ1) is 48.0. The molecule has 0 spiro atoms. The summed E-state index contributed by atoms with van der Waals surface area (Å²) in [5.74, 6) is -1.27. The molecule has 4 N–H and O–H groups in total. The predicted molar refractivity (Wildman–Crippen MR) is 420 cm³/mol. The van der Waals surface area contributed by atoms with E-state index < -0.39 is 61.1 Å². The summed E-state index contributed by atoms with van der Waals surface area (Å²) in [7, 11) is -5.36. The summed E-state index contributed by atoms with van der Waals surface area (Å²) in [6.45, 7) is 45.0. The molecule has 0 aliphatic carbocycles. The summed E-state index contributed by atoms with van der Waals surface area (Å²) >= 11 is 5.78. The Balaban J connectivity index is 0.000000434. The van der Waals surface area contributed by atoms with Gasteiger partial charge in [0.2, 0.25) is 5.15 Å². The maximum Gasteiger partial charge on any atom is 0.341 e. The monoisotopic (exact) mass is 1570 g/mol. The van der Waals surface area contributed by atoms with Crippen LogP contribution in [0.2, 0.25) is 134 Å².